The Balaban J connectivity index is 1.90. The zero-order chi connectivity index (χ0) is 20.1. The van der Waals surface area contributed by atoms with Gasteiger partial charge in [0.2, 0.25) is 0 Å². The summed E-state index contributed by atoms with van der Waals surface area (Å²) in [6.45, 7) is 0. The van der Waals surface area contributed by atoms with Gasteiger partial charge in [-0.1, -0.05) is 24.3 Å². The van der Waals surface area contributed by atoms with Crippen LogP contribution in [0.15, 0.2) is 36.4 Å². The lowest BCUT2D eigenvalue weighted by Crippen LogP contribution is -1.96. The number of nitrogens with zero attached hydrogens (tertiary/aromatic N) is 6. The molecule has 0 aliphatic rings. The average molecular weight is 442 g/mol. The van der Waals surface area contributed by atoms with Gasteiger partial charge in [0.1, 0.15) is 31.8 Å². The van der Waals surface area contributed by atoms with Gasteiger partial charge in [0, 0.05) is 11.1 Å². The molecular formula is C16H6N6O4S3. The third-order valence-electron chi connectivity index (χ3n) is 4.29. The minimum atomic E-state index is -0.717. The van der Waals surface area contributed by atoms with Crippen LogP contribution >= 0.6 is 34.8 Å². The van der Waals surface area contributed by atoms with Crippen molar-refractivity contribution in [1.29, 1.82) is 0 Å². The maximum atomic E-state index is 11.9. The number of fused-ring (bicyclic) bond motifs is 2. The van der Waals surface area contributed by atoms with Crippen LogP contribution in [0.4, 0.5) is 11.4 Å². The Morgan fingerprint density at radius 2 is 1.14 bits per heavy atom. The molecule has 0 fully saturated rings. The maximum Gasteiger partial charge on any atom is 0.365 e. The van der Waals surface area contributed by atoms with Crippen LogP contribution in [0.25, 0.3) is 42.9 Å². The number of hydrogen-bond acceptors (Lipinski definition) is 11. The third kappa shape index (κ3) is 2.66. The summed E-state index contributed by atoms with van der Waals surface area (Å²) in [6, 6.07) is 10.2. The molecule has 0 amide bonds. The Labute approximate surface area is 173 Å². The van der Waals surface area contributed by atoms with Crippen LogP contribution in [0, 0.1) is 20.2 Å². The van der Waals surface area contributed by atoms with Crippen LogP contribution in [-0.2, 0) is 0 Å². The largest absolute Gasteiger partial charge is 0.365 e. The Bertz CT molecular complexity index is 1330. The molecule has 5 aromatic rings. The first-order valence-electron chi connectivity index (χ1n) is 7.95. The summed E-state index contributed by atoms with van der Waals surface area (Å²) in [4.78, 5) is 22.7. The molecule has 0 spiro atoms. The molecule has 0 N–H and O–H groups in total. The number of nitro groups is 2. The van der Waals surface area contributed by atoms with Gasteiger partial charge in [-0.05, 0) is 12.1 Å². The molecule has 5 rings (SSSR count). The zero-order valence-corrected chi connectivity index (χ0v) is 16.5. The van der Waals surface area contributed by atoms with Crippen molar-refractivity contribution in [1.82, 2.24) is 17.5 Å². The van der Waals surface area contributed by atoms with Crippen molar-refractivity contribution in [2.45, 2.75) is 0 Å². The smallest absolute Gasteiger partial charge is 0.258 e. The molecule has 0 unspecified atom stereocenters. The third-order valence-corrected chi connectivity index (χ3v) is 6.60. The predicted molar refractivity (Wildman–Crippen MR) is 110 cm³/mol. The van der Waals surface area contributed by atoms with E-state index in [4.69, 9.17) is 0 Å². The van der Waals surface area contributed by atoms with E-state index in [9.17, 15) is 20.2 Å². The Kier molecular flexibility index (Phi) is 4.01. The first kappa shape index (κ1) is 17.7. The highest BCUT2D eigenvalue weighted by molar-refractivity contribution is 7.20. The Hall–Kier alpha value is -3.42. The second-order valence-electron chi connectivity index (χ2n) is 5.85. The number of hydrogen-bond donors (Lipinski definition) is 0. The van der Waals surface area contributed by atoms with Crippen molar-refractivity contribution in [2.75, 3.05) is 0 Å². The highest BCUT2D eigenvalue weighted by Gasteiger charge is 2.39. The molecule has 0 saturated heterocycles. The lowest BCUT2D eigenvalue weighted by Gasteiger charge is -1.98. The molecule has 13 heteroatoms. The normalized spacial score (nSPS) is 11.3. The molecule has 0 aliphatic carbocycles. The van der Waals surface area contributed by atoms with E-state index in [0.717, 1.165) is 34.8 Å². The van der Waals surface area contributed by atoms with E-state index in [0.29, 0.717) is 33.2 Å². The van der Waals surface area contributed by atoms with Gasteiger partial charge in [-0.25, -0.2) is 0 Å². The van der Waals surface area contributed by atoms with Crippen LogP contribution in [0.2, 0.25) is 0 Å². The monoisotopic (exact) mass is 442 g/mol. The molecule has 0 radical (unpaired) electrons. The highest BCUT2D eigenvalue weighted by atomic mass is 32.1. The fourth-order valence-corrected chi connectivity index (χ4v) is 5.48. The fourth-order valence-electron chi connectivity index (χ4n) is 3.10. The van der Waals surface area contributed by atoms with Crippen LogP contribution in [0.1, 0.15) is 0 Å². The molecule has 29 heavy (non-hydrogen) atoms. The SMILES string of the molecule is O=[N+]([O-])c1c(-c2cccc3nsnc23)sc(-c2cccc3nsnc23)c1[N+](=O)[O-]. The number of thiophene rings is 1. The molecule has 0 atom stereocenters. The summed E-state index contributed by atoms with van der Waals surface area (Å²) < 4.78 is 16.7. The number of rotatable bonds is 4. The van der Waals surface area contributed by atoms with Gasteiger partial charge >= 0.3 is 11.4 Å². The van der Waals surface area contributed by atoms with Gasteiger partial charge in [0.15, 0.2) is 0 Å². The number of aromatic nitrogens is 4. The van der Waals surface area contributed by atoms with Crippen LogP contribution in [-0.4, -0.2) is 27.3 Å². The first-order chi connectivity index (χ1) is 14.1. The quantitative estimate of drug-likeness (QED) is 0.283. The second kappa shape index (κ2) is 6.58. The van der Waals surface area contributed by atoms with Gasteiger partial charge in [0.25, 0.3) is 0 Å². The summed E-state index contributed by atoms with van der Waals surface area (Å²) in [6.07, 6.45) is 0. The maximum absolute atomic E-state index is 11.9. The van der Waals surface area contributed by atoms with E-state index in [1.807, 2.05) is 0 Å². The van der Waals surface area contributed by atoms with Gasteiger partial charge in [-0.15, -0.1) is 11.3 Å². The molecule has 10 nitrogen and oxygen atoms in total. The van der Waals surface area contributed by atoms with Crippen molar-refractivity contribution >= 4 is 68.2 Å². The Morgan fingerprint density at radius 3 is 1.55 bits per heavy atom. The van der Waals surface area contributed by atoms with E-state index in [2.05, 4.69) is 17.5 Å². The van der Waals surface area contributed by atoms with E-state index < -0.39 is 21.2 Å². The molecule has 3 heterocycles. The van der Waals surface area contributed by atoms with Crippen LogP contribution in [0.3, 0.4) is 0 Å². The van der Waals surface area contributed by atoms with Gasteiger partial charge < -0.3 is 0 Å². The molecule has 0 saturated carbocycles. The average Bonchev–Trinajstić information content (AvgIpc) is 3.43. The topological polar surface area (TPSA) is 138 Å². The summed E-state index contributed by atoms with van der Waals surface area (Å²) in [5.41, 5.74) is 1.84. The molecular weight excluding hydrogens is 436 g/mol. The minimum absolute atomic E-state index is 0.162. The second-order valence-corrected chi connectivity index (χ2v) is 7.92. The zero-order valence-electron chi connectivity index (χ0n) is 14.0. The molecule has 142 valence electrons. The summed E-state index contributed by atoms with van der Waals surface area (Å²) >= 11 is 2.93. The van der Waals surface area contributed by atoms with Crippen molar-refractivity contribution in [2.24, 2.45) is 0 Å². The first-order valence-corrected chi connectivity index (χ1v) is 10.2. The van der Waals surface area contributed by atoms with E-state index >= 15 is 0 Å². The molecule has 3 aromatic heterocycles. The van der Waals surface area contributed by atoms with Crippen molar-refractivity contribution in [3.05, 3.63) is 56.6 Å². The van der Waals surface area contributed by atoms with Gasteiger partial charge in [-0.2, -0.15) is 17.5 Å². The fraction of sp³-hybridized carbons (Fsp3) is 0. The summed E-state index contributed by atoms with van der Waals surface area (Å²) in [5.74, 6) is 0. The minimum Gasteiger partial charge on any atom is -0.258 e. The Morgan fingerprint density at radius 1 is 0.690 bits per heavy atom. The van der Waals surface area contributed by atoms with Crippen molar-refractivity contribution in [3.63, 3.8) is 0 Å². The summed E-state index contributed by atoms with van der Waals surface area (Å²) in [7, 11) is 0. The van der Waals surface area contributed by atoms with E-state index in [1.54, 1.807) is 36.4 Å². The van der Waals surface area contributed by atoms with Gasteiger partial charge in [-0.3, -0.25) is 20.2 Å². The standard InChI is InChI=1S/C16H6N6O4S3/c23-21(24)13-14(22(25)26)16(8-4-2-6-10-12(8)20-29-18-10)27-15(13)7-3-1-5-9-11(7)19-28-17-9/h1-6H. The number of benzene rings is 2. The van der Waals surface area contributed by atoms with Crippen molar-refractivity contribution in [3.8, 4) is 20.9 Å². The van der Waals surface area contributed by atoms with E-state index in [-0.39, 0.29) is 9.75 Å². The van der Waals surface area contributed by atoms with E-state index in [1.165, 1.54) is 0 Å². The predicted octanol–water partition coefficient (Wildman–Crippen LogP) is 4.91. The molecule has 0 bridgehead atoms. The molecule has 0 aliphatic heterocycles. The highest BCUT2D eigenvalue weighted by Crippen LogP contribution is 2.53. The van der Waals surface area contributed by atoms with Crippen LogP contribution in [0.5, 0.6) is 0 Å². The van der Waals surface area contributed by atoms with Crippen LogP contribution < -0.4 is 0 Å². The summed E-state index contributed by atoms with van der Waals surface area (Å²) in [5, 5.41) is 23.8. The lowest BCUT2D eigenvalue weighted by atomic mass is 10.1. The molecule has 2 aromatic carbocycles. The lowest BCUT2D eigenvalue weighted by molar-refractivity contribution is -0.420. The van der Waals surface area contributed by atoms with Crippen molar-refractivity contribution < 1.29 is 9.85 Å². The van der Waals surface area contributed by atoms with Gasteiger partial charge in [0.05, 0.1) is 33.3 Å².